The molecule has 1 rings (SSSR count). The molecule has 29 heavy (non-hydrogen) atoms. The van der Waals surface area contributed by atoms with E-state index in [0.717, 1.165) is 0 Å². The lowest BCUT2D eigenvalue weighted by molar-refractivity contribution is -0.157. The third-order valence-corrected chi connectivity index (χ3v) is 3.38. The molecule has 0 aliphatic carbocycles. The third kappa shape index (κ3) is 11.0. The van der Waals surface area contributed by atoms with Gasteiger partial charge in [0.25, 0.3) is 5.56 Å². The van der Waals surface area contributed by atoms with Gasteiger partial charge in [0.1, 0.15) is 23.1 Å². The smallest absolute Gasteiger partial charge is 0.408 e. The molecule has 0 radical (unpaired) electrons. The van der Waals surface area contributed by atoms with E-state index in [9.17, 15) is 19.2 Å². The van der Waals surface area contributed by atoms with Gasteiger partial charge in [0.05, 0.1) is 0 Å². The molecule has 0 aliphatic heterocycles. The second-order valence-corrected chi connectivity index (χ2v) is 8.66. The van der Waals surface area contributed by atoms with Gasteiger partial charge in [0.15, 0.2) is 0 Å². The minimum Gasteiger partial charge on any atom is -0.458 e. The molecule has 164 valence electrons. The number of esters is 1. The maximum absolute atomic E-state index is 12.4. The molecule has 10 nitrogen and oxygen atoms in total. The first-order chi connectivity index (χ1) is 13.2. The van der Waals surface area contributed by atoms with Crippen LogP contribution < -0.4 is 21.9 Å². The third-order valence-electron chi connectivity index (χ3n) is 3.38. The Morgan fingerprint density at radius 1 is 1.00 bits per heavy atom. The Balaban J connectivity index is 2.59. The maximum atomic E-state index is 12.4. The highest BCUT2D eigenvalue weighted by atomic mass is 16.6. The van der Waals surface area contributed by atoms with Crippen LogP contribution in [-0.4, -0.2) is 45.8 Å². The van der Waals surface area contributed by atoms with Crippen LogP contribution in [0.3, 0.4) is 0 Å². The zero-order valence-corrected chi connectivity index (χ0v) is 17.9. The van der Waals surface area contributed by atoms with Gasteiger partial charge in [0.2, 0.25) is 0 Å². The monoisotopic (exact) mass is 412 g/mol. The number of amides is 1. The quantitative estimate of drug-likeness (QED) is 0.377. The van der Waals surface area contributed by atoms with E-state index in [1.807, 2.05) is 0 Å². The van der Waals surface area contributed by atoms with Crippen molar-refractivity contribution in [1.29, 1.82) is 0 Å². The average Bonchev–Trinajstić information content (AvgIpc) is 2.49. The topological polar surface area (TPSA) is 142 Å². The summed E-state index contributed by atoms with van der Waals surface area (Å²) in [6, 6.07) is 0.401. The molecule has 0 saturated heterocycles. The molecule has 1 heterocycles. The van der Waals surface area contributed by atoms with Gasteiger partial charge in [-0.2, -0.15) is 0 Å². The number of nitrogens with one attached hydrogen (secondary N) is 4. The highest BCUT2D eigenvalue weighted by molar-refractivity contribution is 5.81. The van der Waals surface area contributed by atoms with E-state index in [0.29, 0.717) is 31.6 Å². The number of hydrogen-bond acceptors (Lipinski definition) is 7. The molecule has 0 aromatic carbocycles. The lowest BCUT2D eigenvalue weighted by Gasteiger charge is -2.26. The molecule has 1 amide bonds. The van der Waals surface area contributed by atoms with Gasteiger partial charge in [-0.25, -0.2) is 14.4 Å². The predicted molar refractivity (Wildman–Crippen MR) is 109 cm³/mol. The predicted octanol–water partition coefficient (Wildman–Crippen LogP) is 1.88. The van der Waals surface area contributed by atoms with Gasteiger partial charge >= 0.3 is 17.8 Å². The van der Waals surface area contributed by atoms with Crippen LogP contribution in [0.5, 0.6) is 0 Å². The molecular formula is C19H32N4O6. The van der Waals surface area contributed by atoms with Crippen molar-refractivity contribution in [3.63, 3.8) is 0 Å². The number of H-pyrrole nitrogens is 2. The molecule has 0 fully saturated rings. The van der Waals surface area contributed by atoms with E-state index < -0.39 is 40.6 Å². The summed E-state index contributed by atoms with van der Waals surface area (Å²) in [6.07, 6.45) is 0.874. The van der Waals surface area contributed by atoms with Gasteiger partial charge in [-0.15, -0.1) is 0 Å². The molecule has 0 unspecified atom stereocenters. The fourth-order valence-corrected chi connectivity index (χ4v) is 2.33. The molecule has 0 bridgehead atoms. The number of ether oxygens (including phenoxy) is 2. The van der Waals surface area contributed by atoms with E-state index in [2.05, 4.69) is 20.6 Å². The van der Waals surface area contributed by atoms with Gasteiger partial charge in [-0.1, -0.05) is 0 Å². The molecule has 0 aliphatic rings. The number of rotatable bonds is 8. The fourth-order valence-electron chi connectivity index (χ4n) is 2.33. The van der Waals surface area contributed by atoms with Crippen molar-refractivity contribution in [1.82, 2.24) is 15.3 Å². The minimum atomic E-state index is -0.844. The summed E-state index contributed by atoms with van der Waals surface area (Å²) in [5, 5.41) is 5.51. The summed E-state index contributed by atoms with van der Waals surface area (Å²) in [5.41, 5.74) is -2.45. The largest absolute Gasteiger partial charge is 0.458 e. The van der Waals surface area contributed by atoms with Crippen LogP contribution >= 0.6 is 0 Å². The number of carbonyl (C=O) groups is 2. The lowest BCUT2D eigenvalue weighted by Crippen LogP contribution is -2.46. The molecule has 10 heteroatoms. The Morgan fingerprint density at radius 2 is 1.62 bits per heavy atom. The summed E-state index contributed by atoms with van der Waals surface area (Å²) >= 11 is 0. The van der Waals surface area contributed by atoms with Crippen molar-refractivity contribution in [2.75, 3.05) is 11.9 Å². The van der Waals surface area contributed by atoms with Crippen molar-refractivity contribution >= 4 is 17.9 Å². The standard InChI is InChI=1S/C19H32N4O6/c1-18(2,3)28-15(25)12(21-17(27)29-19(4,5)6)9-7-8-10-20-13-11-14(24)23-16(26)22-13/h11-12H,7-10H2,1-6H3,(H,21,27)(H3,20,22,23,24,26)/t12-/m0/s1. The number of unbranched alkanes of at least 4 members (excludes halogenated alkanes) is 1. The Morgan fingerprint density at radius 3 is 2.17 bits per heavy atom. The molecule has 0 saturated carbocycles. The van der Waals surface area contributed by atoms with E-state index in [-0.39, 0.29) is 0 Å². The lowest BCUT2D eigenvalue weighted by atomic mass is 10.1. The van der Waals surface area contributed by atoms with Crippen LogP contribution in [0.4, 0.5) is 10.6 Å². The summed E-state index contributed by atoms with van der Waals surface area (Å²) in [5.74, 6) is -0.218. The maximum Gasteiger partial charge on any atom is 0.408 e. The Hall–Kier alpha value is -2.78. The van der Waals surface area contributed by atoms with E-state index in [1.165, 1.54) is 6.07 Å². The SMILES string of the molecule is CC(C)(C)OC(=O)N[C@@H](CCCCNc1cc(=O)[nH]c(=O)[nH]1)C(=O)OC(C)(C)C. The van der Waals surface area contributed by atoms with Crippen LogP contribution in [0.2, 0.25) is 0 Å². The van der Waals surface area contributed by atoms with E-state index in [4.69, 9.17) is 9.47 Å². The Bertz CT molecular complexity index is 772. The minimum absolute atomic E-state index is 0.314. The van der Waals surface area contributed by atoms with Crippen LogP contribution in [0, 0.1) is 0 Å². The summed E-state index contributed by atoms with van der Waals surface area (Å²) < 4.78 is 10.6. The molecule has 4 N–H and O–H groups in total. The molecule has 1 aromatic heterocycles. The van der Waals surface area contributed by atoms with Crippen molar-refractivity contribution in [2.24, 2.45) is 0 Å². The normalized spacial score (nSPS) is 12.8. The number of carbonyl (C=O) groups excluding carboxylic acids is 2. The van der Waals surface area contributed by atoms with Crippen molar-refractivity contribution in [2.45, 2.75) is 78.0 Å². The first-order valence-electron chi connectivity index (χ1n) is 9.55. The number of hydrogen-bond donors (Lipinski definition) is 4. The molecule has 1 aromatic rings. The summed E-state index contributed by atoms with van der Waals surface area (Å²) in [6.45, 7) is 10.9. The number of aromatic nitrogens is 2. The Labute approximate surface area is 169 Å². The van der Waals surface area contributed by atoms with Gasteiger partial charge < -0.3 is 20.1 Å². The van der Waals surface area contributed by atoms with Gasteiger partial charge in [-0.05, 0) is 60.8 Å². The summed E-state index contributed by atoms with van der Waals surface area (Å²) in [7, 11) is 0. The van der Waals surface area contributed by atoms with Crippen LogP contribution in [0.25, 0.3) is 0 Å². The zero-order chi connectivity index (χ0) is 22.2. The van der Waals surface area contributed by atoms with Crippen LogP contribution in [0.15, 0.2) is 15.7 Å². The van der Waals surface area contributed by atoms with Crippen LogP contribution in [0.1, 0.15) is 60.8 Å². The van der Waals surface area contributed by atoms with Crippen LogP contribution in [-0.2, 0) is 14.3 Å². The highest BCUT2D eigenvalue weighted by Gasteiger charge is 2.28. The number of aromatic amines is 2. The fraction of sp³-hybridized carbons (Fsp3) is 0.684. The average molecular weight is 412 g/mol. The van der Waals surface area contributed by atoms with E-state index >= 15 is 0 Å². The number of alkyl carbamates (subject to hydrolysis) is 1. The summed E-state index contributed by atoms with van der Waals surface area (Å²) in [4.78, 5) is 51.5. The zero-order valence-electron chi connectivity index (χ0n) is 17.9. The van der Waals surface area contributed by atoms with Gasteiger partial charge in [0, 0.05) is 12.6 Å². The van der Waals surface area contributed by atoms with Crippen molar-refractivity contribution in [3.05, 3.63) is 26.9 Å². The van der Waals surface area contributed by atoms with Crippen molar-refractivity contribution in [3.8, 4) is 0 Å². The van der Waals surface area contributed by atoms with Crippen molar-refractivity contribution < 1.29 is 19.1 Å². The van der Waals surface area contributed by atoms with E-state index in [1.54, 1.807) is 41.5 Å². The number of anilines is 1. The first kappa shape index (κ1) is 24.3. The Kier molecular flexibility index (Phi) is 8.47. The molecule has 1 atom stereocenters. The molecule has 0 spiro atoms. The van der Waals surface area contributed by atoms with Gasteiger partial charge in [-0.3, -0.25) is 14.8 Å². The second kappa shape index (κ2) is 10.1. The molecular weight excluding hydrogens is 380 g/mol. The second-order valence-electron chi connectivity index (χ2n) is 8.66. The first-order valence-corrected chi connectivity index (χ1v) is 9.55. The highest BCUT2D eigenvalue weighted by Crippen LogP contribution is 2.13.